The average Bonchev–Trinajstić information content (AvgIpc) is 2.47. The Hall–Kier alpha value is -2.36. The summed E-state index contributed by atoms with van der Waals surface area (Å²) in [5, 5.41) is 0.907. The quantitative estimate of drug-likeness (QED) is 0.866. The molecule has 0 saturated heterocycles. The zero-order valence-electron chi connectivity index (χ0n) is 14.3. The van der Waals surface area contributed by atoms with Crippen LogP contribution in [-0.4, -0.2) is 21.5 Å². The number of rotatable bonds is 4. The van der Waals surface area contributed by atoms with E-state index in [4.69, 9.17) is 0 Å². The topological polar surface area (TPSA) is 59.9 Å². The van der Waals surface area contributed by atoms with Crippen molar-refractivity contribution in [2.24, 2.45) is 11.8 Å². The van der Waals surface area contributed by atoms with Crippen LogP contribution in [0.2, 0.25) is 0 Å². The fraction of sp³-hybridized carbons (Fsp3) is 0.368. The van der Waals surface area contributed by atoms with E-state index in [1.165, 1.54) is 12.2 Å². The fourth-order valence-electron chi connectivity index (χ4n) is 2.01. The normalized spacial score (nSPS) is 13.3. The van der Waals surface area contributed by atoms with Gasteiger partial charge in [0.2, 0.25) is 0 Å². The van der Waals surface area contributed by atoms with Crippen LogP contribution in [0.3, 0.4) is 0 Å². The Morgan fingerprint density at radius 3 is 1.83 bits per heavy atom. The van der Waals surface area contributed by atoms with E-state index >= 15 is 0 Å². The minimum Gasteiger partial charge on any atom is -0.294 e. The van der Waals surface area contributed by atoms with Gasteiger partial charge in [-0.25, -0.2) is 9.97 Å². The molecule has 120 valence electrons. The first-order chi connectivity index (χ1) is 10.8. The van der Waals surface area contributed by atoms with Gasteiger partial charge in [-0.2, -0.15) is 0 Å². The van der Waals surface area contributed by atoms with E-state index in [0.717, 1.165) is 11.1 Å². The van der Waals surface area contributed by atoms with Crippen LogP contribution >= 0.6 is 0 Å². The molecule has 1 heterocycles. The van der Waals surface area contributed by atoms with Crippen LogP contribution in [0.25, 0.3) is 23.2 Å². The number of hydrogen-bond donors (Lipinski definition) is 0. The van der Waals surface area contributed by atoms with Gasteiger partial charge in [-0.15, -0.1) is 0 Å². The van der Waals surface area contributed by atoms with E-state index in [1.54, 1.807) is 0 Å². The molecule has 4 nitrogen and oxygen atoms in total. The molecule has 0 aliphatic carbocycles. The highest BCUT2D eigenvalue weighted by molar-refractivity contribution is 6.08. The number of carbonyl (C=O) groups excluding carboxylic acids is 2. The number of benzene rings is 1. The molecule has 0 radical (unpaired) electrons. The molecular formula is C19H22N2O2. The van der Waals surface area contributed by atoms with Crippen LogP contribution in [0, 0.1) is 18.8 Å². The first kappa shape index (κ1) is 17.0. The summed E-state index contributed by atoms with van der Waals surface area (Å²) in [6.07, 6.45) is 2.97. The first-order valence-electron chi connectivity index (χ1n) is 7.83. The maximum atomic E-state index is 12.1. The summed E-state index contributed by atoms with van der Waals surface area (Å²) < 4.78 is 0. The molecule has 0 atom stereocenters. The largest absolute Gasteiger partial charge is 0.294 e. The van der Waals surface area contributed by atoms with E-state index in [0.29, 0.717) is 16.2 Å². The highest BCUT2D eigenvalue weighted by Gasteiger charge is 2.08. The number of ketones is 2. The molecule has 2 aromatic rings. The van der Waals surface area contributed by atoms with Crippen LogP contribution in [0.1, 0.15) is 33.3 Å². The van der Waals surface area contributed by atoms with Crippen molar-refractivity contribution in [3.8, 4) is 0 Å². The standard InChI is InChI=1S/C19H22N2O2/c1-11(2)18(22)9-16-17(10-19(23)12(3)4)21-15-8-13(5)6-7-14(15)20-16/h6-12H,1-5H3/b16-9-,17-10-. The predicted octanol–water partition coefficient (Wildman–Crippen LogP) is 1.95. The monoisotopic (exact) mass is 310 g/mol. The van der Waals surface area contributed by atoms with Gasteiger partial charge in [-0.3, -0.25) is 9.59 Å². The predicted molar refractivity (Wildman–Crippen MR) is 92.1 cm³/mol. The van der Waals surface area contributed by atoms with E-state index in [1.807, 2.05) is 52.8 Å². The minimum absolute atomic E-state index is 0.0297. The van der Waals surface area contributed by atoms with Crippen LogP contribution in [0.15, 0.2) is 18.2 Å². The van der Waals surface area contributed by atoms with Crippen molar-refractivity contribution in [2.75, 3.05) is 0 Å². The maximum absolute atomic E-state index is 12.1. The lowest BCUT2D eigenvalue weighted by atomic mass is 10.1. The number of Topliss-reactive ketones (excluding diaryl/α,β-unsaturated/α-hetero) is 2. The third kappa shape index (κ3) is 4.09. The van der Waals surface area contributed by atoms with Crippen molar-refractivity contribution in [1.29, 1.82) is 0 Å². The smallest absolute Gasteiger partial charge is 0.160 e. The minimum atomic E-state index is -0.126. The Morgan fingerprint density at radius 1 is 0.870 bits per heavy atom. The lowest BCUT2D eigenvalue weighted by molar-refractivity contribution is -0.116. The molecule has 0 spiro atoms. The number of hydrogen-bond acceptors (Lipinski definition) is 4. The van der Waals surface area contributed by atoms with Crippen LogP contribution in [0.5, 0.6) is 0 Å². The van der Waals surface area contributed by atoms with Gasteiger partial charge in [0, 0.05) is 24.0 Å². The maximum Gasteiger partial charge on any atom is 0.160 e. The summed E-state index contributed by atoms with van der Waals surface area (Å²) in [5.41, 5.74) is 2.51. The second-order valence-corrected chi connectivity index (χ2v) is 6.39. The molecule has 0 N–H and O–H groups in total. The van der Waals surface area contributed by atoms with Crippen molar-refractivity contribution >= 4 is 34.8 Å². The second-order valence-electron chi connectivity index (χ2n) is 6.39. The van der Waals surface area contributed by atoms with Gasteiger partial charge in [-0.05, 0) is 24.6 Å². The summed E-state index contributed by atoms with van der Waals surface area (Å²) >= 11 is 0. The fourth-order valence-corrected chi connectivity index (χ4v) is 2.01. The number of nitrogens with zero attached hydrogens (tertiary/aromatic N) is 2. The van der Waals surface area contributed by atoms with Crippen molar-refractivity contribution < 1.29 is 9.59 Å². The van der Waals surface area contributed by atoms with Crippen LogP contribution in [-0.2, 0) is 9.59 Å². The molecule has 0 amide bonds. The highest BCUT2D eigenvalue weighted by atomic mass is 16.1. The summed E-state index contributed by atoms with van der Waals surface area (Å²) in [5.74, 6) is -0.312. The summed E-state index contributed by atoms with van der Waals surface area (Å²) in [6.45, 7) is 9.31. The van der Waals surface area contributed by atoms with E-state index in [9.17, 15) is 9.59 Å². The Kier molecular flexibility index (Phi) is 5.04. The first-order valence-corrected chi connectivity index (χ1v) is 7.83. The Bertz CT molecular complexity index is 880. The van der Waals surface area contributed by atoms with E-state index in [-0.39, 0.29) is 23.4 Å². The zero-order valence-corrected chi connectivity index (χ0v) is 14.3. The van der Waals surface area contributed by atoms with Gasteiger partial charge in [0.25, 0.3) is 0 Å². The molecule has 0 bridgehead atoms. The molecule has 0 fully saturated rings. The van der Waals surface area contributed by atoms with Gasteiger partial charge < -0.3 is 0 Å². The van der Waals surface area contributed by atoms with Gasteiger partial charge in [0.15, 0.2) is 11.6 Å². The van der Waals surface area contributed by atoms with Gasteiger partial charge in [0.05, 0.1) is 21.7 Å². The molecule has 2 rings (SSSR count). The Labute approximate surface area is 136 Å². The molecule has 4 heteroatoms. The Balaban J connectivity index is 2.79. The second kappa shape index (κ2) is 6.82. The molecular weight excluding hydrogens is 288 g/mol. The van der Waals surface area contributed by atoms with Crippen molar-refractivity contribution in [1.82, 2.24) is 9.97 Å². The van der Waals surface area contributed by atoms with Crippen molar-refractivity contribution in [2.45, 2.75) is 34.6 Å². The van der Waals surface area contributed by atoms with Crippen molar-refractivity contribution in [3.63, 3.8) is 0 Å². The van der Waals surface area contributed by atoms with Gasteiger partial charge in [-0.1, -0.05) is 33.8 Å². The molecule has 0 aliphatic rings. The number of fused-ring (bicyclic) bond motifs is 1. The highest BCUT2D eigenvalue weighted by Crippen LogP contribution is 2.07. The molecule has 0 saturated carbocycles. The number of aromatic nitrogens is 2. The van der Waals surface area contributed by atoms with Crippen LogP contribution < -0.4 is 10.7 Å². The molecule has 0 unspecified atom stereocenters. The van der Waals surface area contributed by atoms with E-state index in [2.05, 4.69) is 9.97 Å². The SMILES string of the molecule is Cc1ccc2nc(=C\C(=O)C(C)C)/c(=C/C(=O)C(C)C)nc2c1. The third-order valence-electron chi connectivity index (χ3n) is 3.57. The van der Waals surface area contributed by atoms with Gasteiger partial charge in [0.1, 0.15) is 0 Å². The van der Waals surface area contributed by atoms with E-state index < -0.39 is 0 Å². The molecule has 1 aromatic heterocycles. The van der Waals surface area contributed by atoms with Gasteiger partial charge >= 0.3 is 0 Å². The zero-order chi connectivity index (χ0) is 17.1. The number of carbonyl (C=O) groups is 2. The third-order valence-corrected chi connectivity index (χ3v) is 3.57. The molecule has 23 heavy (non-hydrogen) atoms. The Morgan fingerprint density at radius 2 is 1.35 bits per heavy atom. The summed E-state index contributed by atoms with van der Waals surface area (Å²) in [6, 6.07) is 5.75. The molecule has 0 aliphatic heterocycles. The summed E-state index contributed by atoms with van der Waals surface area (Å²) in [7, 11) is 0. The average molecular weight is 310 g/mol. The van der Waals surface area contributed by atoms with Crippen LogP contribution in [0.4, 0.5) is 0 Å². The van der Waals surface area contributed by atoms with Crippen molar-refractivity contribution in [3.05, 3.63) is 34.5 Å². The number of aryl methyl sites for hydroxylation is 1. The lowest BCUT2D eigenvalue weighted by Gasteiger charge is -2.02. The summed E-state index contributed by atoms with van der Waals surface area (Å²) in [4.78, 5) is 33.2. The molecule has 1 aromatic carbocycles. The lowest BCUT2D eigenvalue weighted by Crippen LogP contribution is -2.34.